The zero-order valence-corrected chi connectivity index (χ0v) is 12.8. The van der Waals surface area contributed by atoms with Gasteiger partial charge in [-0.2, -0.15) is 0 Å². The highest BCUT2D eigenvalue weighted by Gasteiger charge is 2.16. The van der Waals surface area contributed by atoms with E-state index < -0.39 is 10.0 Å². The SMILES string of the molecule is O=S(=O)(NCCN1CCOCC1)c1cncc(Br)c1. The van der Waals surface area contributed by atoms with Crippen LogP contribution in [0.25, 0.3) is 0 Å². The molecule has 0 atom stereocenters. The van der Waals surface area contributed by atoms with E-state index in [1.54, 1.807) is 6.20 Å². The van der Waals surface area contributed by atoms with E-state index in [0.29, 0.717) is 30.8 Å². The van der Waals surface area contributed by atoms with E-state index in [4.69, 9.17) is 4.74 Å². The molecule has 1 N–H and O–H groups in total. The summed E-state index contributed by atoms with van der Waals surface area (Å²) >= 11 is 3.21. The molecule has 0 saturated carbocycles. The average Bonchev–Trinajstić information content (AvgIpc) is 2.40. The molecule has 0 unspecified atom stereocenters. The molecule has 2 heterocycles. The molecule has 0 spiro atoms. The fourth-order valence-electron chi connectivity index (χ4n) is 1.79. The lowest BCUT2D eigenvalue weighted by atomic mass is 10.4. The standard InChI is InChI=1S/C11H16BrN3O3S/c12-10-7-11(9-13-8-10)19(16,17)14-1-2-15-3-5-18-6-4-15/h7-9,14H,1-6H2. The molecular formula is C11H16BrN3O3S. The van der Waals surface area contributed by atoms with E-state index in [0.717, 1.165) is 13.1 Å². The largest absolute Gasteiger partial charge is 0.379 e. The van der Waals surface area contributed by atoms with E-state index >= 15 is 0 Å². The monoisotopic (exact) mass is 349 g/mol. The zero-order valence-electron chi connectivity index (χ0n) is 10.4. The third kappa shape index (κ3) is 4.50. The normalized spacial score (nSPS) is 17.5. The summed E-state index contributed by atoms with van der Waals surface area (Å²) in [6.45, 7) is 4.18. The zero-order chi connectivity index (χ0) is 13.7. The van der Waals surface area contributed by atoms with E-state index in [1.165, 1.54) is 12.3 Å². The number of nitrogens with zero attached hydrogens (tertiary/aromatic N) is 2. The Bertz CT molecular complexity index is 518. The van der Waals surface area contributed by atoms with Crippen LogP contribution in [0.1, 0.15) is 0 Å². The number of rotatable bonds is 5. The predicted octanol–water partition coefficient (Wildman–Crippen LogP) is 0.455. The summed E-state index contributed by atoms with van der Waals surface area (Å²) in [5.74, 6) is 0. The summed E-state index contributed by atoms with van der Waals surface area (Å²) < 4.78 is 32.5. The van der Waals surface area contributed by atoms with Gasteiger partial charge < -0.3 is 4.74 Å². The first kappa shape index (κ1) is 14.9. The number of ether oxygens (including phenoxy) is 1. The van der Waals surface area contributed by atoms with Gasteiger partial charge >= 0.3 is 0 Å². The molecule has 1 fully saturated rings. The summed E-state index contributed by atoms with van der Waals surface area (Å²) in [5.41, 5.74) is 0. The minimum Gasteiger partial charge on any atom is -0.379 e. The summed E-state index contributed by atoms with van der Waals surface area (Å²) in [4.78, 5) is 6.20. The number of morpholine rings is 1. The minimum atomic E-state index is -3.48. The van der Waals surface area contributed by atoms with E-state index in [2.05, 4.69) is 30.5 Å². The maximum absolute atomic E-state index is 12.0. The van der Waals surface area contributed by atoms with Crippen molar-refractivity contribution in [3.05, 3.63) is 22.9 Å². The lowest BCUT2D eigenvalue weighted by Crippen LogP contribution is -2.41. The van der Waals surface area contributed by atoms with Crippen LogP contribution in [0, 0.1) is 0 Å². The van der Waals surface area contributed by atoms with Crippen LogP contribution in [0.15, 0.2) is 27.8 Å². The quantitative estimate of drug-likeness (QED) is 0.835. The summed E-state index contributed by atoms with van der Waals surface area (Å²) in [5, 5.41) is 0. The molecule has 8 heteroatoms. The second-order valence-corrected chi connectivity index (χ2v) is 6.87. The molecule has 0 aliphatic carbocycles. The van der Waals surface area contributed by atoms with Crippen molar-refractivity contribution >= 4 is 26.0 Å². The molecule has 1 aromatic rings. The number of sulfonamides is 1. The molecule has 1 aliphatic rings. The third-order valence-electron chi connectivity index (χ3n) is 2.81. The van der Waals surface area contributed by atoms with Gasteiger partial charge in [-0.05, 0) is 22.0 Å². The number of hydrogen-bond donors (Lipinski definition) is 1. The number of halogens is 1. The van der Waals surface area contributed by atoms with Crippen molar-refractivity contribution in [1.82, 2.24) is 14.6 Å². The number of aromatic nitrogens is 1. The molecule has 0 bridgehead atoms. The Hall–Kier alpha value is -0.540. The van der Waals surface area contributed by atoms with Gasteiger partial charge in [-0.1, -0.05) is 0 Å². The van der Waals surface area contributed by atoms with Crippen LogP contribution < -0.4 is 4.72 Å². The van der Waals surface area contributed by atoms with E-state index in [9.17, 15) is 8.42 Å². The van der Waals surface area contributed by atoms with Crippen molar-refractivity contribution in [3.63, 3.8) is 0 Å². The van der Waals surface area contributed by atoms with Crippen molar-refractivity contribution in [2.75, 3.05) is 39.4 Å². The summed E-state index contributed by atoms with van der Waals surface area (Å²) in [6.07, 6.45) is 2.88. The lowest BCUT2D eigenvalue weighted by Gasteiger charge is -2.26. The highest BCUT2D eigenvalue weighted by Crippen LogP contribution is 2.13. The Morgan fingerprint density at radius 2 is 2.11 bits per heavy atom. The number of pyridine rings is 1. The van der Waals surface area contributed by atoms with Crippen molar-refractivity contribution in [2.24, 2.45) is 0 Å². The molecule has 2 rings (SSSR count). The van der Waals surface area contributed by atoms with Crippen LogP contribution in [-0.4, -0.2) is 57.7 Å². The van der Waals surface area contributed by atoms with Crippen molar-refractivity contribution in [2.45, 2.75) is 4.90 Å². The van der Waals surface area contributed by atoms with Crippen molar-refractivity contribution in [1.29, 1.82) is 0 Å². The molecule has 0 radical (unpaired) electrons. The molecular weight excluding hydrogens is 334 g/mol. The van der Waals surface area contributed by atoms with E-state index in [-0.39, 0.29) is 4.90 Å². The van der Waals surface area contributed by atoms with Crippen LogP contribution in [0.2, 0.25) is 0 Å². The van der Waals surface area contributed by atoms with Gasteiger partial charge in [0.2, 0.25) is 10.0 Å². The average molecular weight is 350 g/mol. The van der Waals surface area contributed by atoms with Crippen molar-refractivity contribution < 1.29 is 13.2 Å². The van der Waals surface area contributed by atoms with Crippen LogP contribution in [0.4, 0.5) is 0 Å². The summed E-state index contributed by atoms with van der Waals surface area (Å²) in [6, 6.07) is 1.53. The first-order valence-corrected chi connectivity index (χ1v) is 8.26. The molecule has 1 aromatic heterocycles. The van der Waals surface area contributed by atoms with Crippen LogP contribution in [0.3, 0.4) is 0 Å². The van der Waals surface area contributed by atoms with Crippen LogP contribution >= 0.6 is 15.9 Å². The van der Waals surface area contributed by atoms with Crippen LogP contribution in [-0.2, 0) is 14.8 Å². The molecule has 1 saturated heterocycles. The second-order valence-electron chi connectivity index (χ2n) is 4.19. The lowest BCUT2D eigenvalue weighted by molar-refractivity contribution is 0.0390. The van der Waals surface area contributed by atoms with E-state index in [1.807, 2.05) is 0 Å². The molecule has 106 valence electrons. The first-order chi connectivity index (χ1) is 9.08. The van der Waals surface area contributed by atoms with Gasteiger partial charge in [-0.15, -0.1) is 0 Å². The van der Waals surface area contributed by atoms with Gasteiger partial charge in [0.15, 0.2) is 0 Å². The molecule has 19 heavy (non-hydrogen) atoms. The Morgan fingerprint density at radius 3 is 2.79 bits per heavy atom. The predicted molar refractivity (Wildman–Crippen MR) is 74.4 cm³/mol. The Labute approximate surface area is 121 Å². The Morgan fingerprint density at radius 1 is 1.37 bits per heavy atom. The highest BCUT2D eigenvalue weighted by molar-refractivity contribution is 9.10. The van der Waals surface area contributed by atoms with Gasteiger partial charge in [0.05, 0.1) is 13.2 Å². The first-order valence-electron chi connectivity index (χ1n) is 5.98. The fraction of sp³-hybridized carbons (Fsp3) is 0.545. The minimum absolute atomic E-state index is 0.170. The van der Waals surface area contributed by atoms with Gasteiger partial charge in [0, 0.05) is 43.0 Å². The topological polar surface area (TPSA) is 71.5 Å². The van der Waals surface area contributed by atoms with Gasteiger partial charge in [0.1, 0.15) is 4.90 Å². The highest BCUT2D eigenvalue weighted by atomic mass is 79.9. The Kier molecular flexibility index (Phi) is 5.28. The maximum Gasteiger partial charge on any atom is 0.242 e. The second kappa shape index (κ2) is 6.76. The Balaban J connectivity index is 1.87. The molecule has 0 amide bonds. The maximum atomic E-state index is 12.0. The third-order valence-corrected chi connectivity index (χ3v) is 4.68. The number of hydrogen-bond acceptors (Lipinski definition) is 5. The molecule has 6 nitrogen and oxygen atoms in total. The molecule has 1 aliphatic heterocycles. The fourth-order valence-corrected chi connectivity index (χ4v) is 3.31. The van der Waals surface area contributed by atoms with Crippen molar-refractivity contribution in [3.8, 4) is 0 Å². The van der Waals surface area contributed by atoms with Gasteiger partial charge in [-0.25, -0.2) is 13.1 Å². The molecule has 0 aromatic carbocycles. The summed E-state index contributed by atoms with van der Waals surface area (Å²) in [7, 11) is -3.48. The number of nitrogens with one attached hydrogen (secondary N) is 1. The van der Waals surface area contributed by atoms with Gasteiger partial charge in [0.25, 0.3) is 0 Å². The van der Waals surface area contributed by atoms with Gasteiger partial charge in [-0.3, -0.25) is 9.88 Å². The smallest absolute Gasteiger partial charge is 0.242 e. The van der Waals surface area contributed by atoms with Crippen LogP contribution in [0.5, 0.6) is 0 Å².